The smallest absolute Gasteiger partial charge is 0.195 e. The number of hydrogen-bond acceptors (Lipinski definition) is 3. The highest BCUT2D eigenvalue weighted by molar-refractivity contribution is 7.17. The van der Waals surface area contributed by atoms with Crippen molar-refractivity contribution in [2.45, 2.75) is 0 Å². The highest BCUT2D eigenvalue weighted by Gasteiger charge is 2.07. The summed E-state index contributed by atoms with van der Waals surface area (Å²) in [6.07, 6.45) is 6.78. The van der Waals surface area contributed by atoms with Crippen LogP contribution in [0.5, 0.6) is 0 Å². The van der Waals surface area contributed by atoms with E-state index in [-0.39, 0.29) is 5.78 Å². The van der Waals surface area contributed by atoms with Gasteiger partial charge >= 0.3 is 0 Å². The van der Waals surface area contributed by atoms with Gasteiger partial charge in [-0.1, -0.05) is 29.8 Å². The first-order chi connectivity index (χ1) is 10.7. The van der Waals surface area contributed by atoms with E-state index in [2.05, 4.69) is 4.98 Å². The first kappa shape index (κ1) is 14.7. The maximum Gasteiger partial charge on any atom is 0.195 e. The van der Waals surface area contributed by atoms with Gasteiger partial charge in [0.05, 0.1) is 4.88 Å². The summed E-state index contributed by atoms with van der Waals surface area (Å²) in [5, 5.41) is 0.705. The van der Waals surface area contributed by atoms with E-state index >= 15 is 0 Å². The number of ketones is 1. The minimum atomic E-state index is -0.00549. The van der Waals surface area contributed by atoms with E-state index in [1.165, 1.54) is 11.3 Å². The Labute approximate surface area is 137 Å². The Morgan fingerprint density at radius 1 is 1.09 bits per heavy atom. The molecule has 2 aromatic heterocycles. The van der Waals surface area contributed by atoms with E-state index in [0.29, 0.717) is 9.90 Å². The summed E-state index contributed by atoms with van der Waals surface area (Å²) in [6.45, 7) is 0. The fourth-order valence-corrected chi connectivity index (χ4v) is 3.03. The minimum Gasteiger partial charge on any atom is -0.288 e. The van der Waals surface area contributed by atoms with Crippen molar-refractivity contribution in [2.75, 3.05) is 0 Å². The summed E-state index contributed by atoms with van der Waals surface area (Å²) >= 11 is 7.36. The Hall–Kier alpha value is -2.23. The van der Waals surface area contributed by atoms with Crippen molar-refractivity contribution in [2.24, 2.45) is 0 Å². The Balaban J connectivity index is 1.77. The van der Waals surface area contributed by atoms with Gasteiger partial charge in [-0.2, -0.15) is 0 Å². The van der Waals surface area contributed by atoms with Crippen molar-refractivity contribution in [1.29, 1.82) is 0 Å². The molecule has 0 amide bonds. The van der Waals surface area contributed by atoms with E-state index in [1.54, 1.807) is 24.5 Å². The zero-order valence-electron chi connectivity index (χ0n) is 11.6. The SMILES string of the molecule is O=C(/C=C/c1cccnc1)c1ccc(-c2ccc(Cl)cc2)s1. The van der Waals surface area contributed by atoms with Gasteiger partial charge in [0.25, 0.3) is 0 Å². The highest BCUT2D eigenvalue weighted by atomic mass is 35.5. The van der Waals surface area contributed by atoms with Crippen LogP contribution in [0.25, 0.3) is 16.5 Å². The van der Waals surface area contributed by atoms with Crippen molar-refractivity contribution in [3.8, 4) is 10.4 Å². The van der Waals surface area contributed by atoms with Crippen molar-refractivity contribution in [1.82, 2.24) is 4.98 Å². The quantitative estimate of drug-likeness (QED) is 0.477. The molecule has 22 heavy (non-hydrogen) atoms. The number of hydrogen-bond donors (Lipinski definition) is 0. The monoisotopic (exact) mass is 325 g/mol. The molecule has 0 unspecified atom stereocenters. The molecule has 2 nitrogen and oxygen atoms in total. The first-order valence-corrected chi connectivity index (χ1v) is 7.90. The van der Waals surface area contributed by atoms with Crippen LogP contribution in [0.1, 0.15) is 15.2 Å². The number of pyridine rings is 1. The lowest BCUT2D eigenvalue weighted by Gasteiger charge is -1.96. The minimum absolute atomic E-state index is 0.00549. The highest BCUT2D eigenvalue weighted by Crippen LogP contribution is 2.29. The van der Waals surface area contributed by atoms with Gasteiger partial charge in [0, 0.05) is 22.3 Å². The first-order valence-electron chi connectivity index (χ1n) is 6.70. The Kier molecular flexibility index (Phi) is 4.47. The van der Waals surface area contributed by atoms with Gasteiger partial charge in [0.2, 0.25) is 0 Å². The average molecular weight is 326 g/mol. The molecule has 0 atom stereocenters. The van der Waals surface area contributed by atoms with Gasteiger partial charge in [-0.25, -0.2) is 0 Å². The predicted octanol–water partition coefficient (Wildman–Crippen LogP) is 5.36. The van der Waals surface area contributed by atoms with E-state index in [0.717, 1.165) is 16.0 Å². The Morgan fingerprint density at radius 3 is 2.64 bits per heavy atom. The summed E-state index contributed by atoms with van der Waals surface area (Å²) in [5.74, 6) is -0.00549. The third-order valence-electron chi connectivity index (χ3n) is 3.09. The third kappa shape index (κ3) is 3.50. The van der Waals surface area contributed by atoms with Crippen LogP contribution >= 0.6 is 22.9 Å². The number of nitrogens with zero attached hydrogens (tertiary/aromatic N) is 1. The fraction of sp³-hybridized carbons (Fsp3) is 0. The van der Waals surface area contributed by atoms with Gasteiger partial charge in [0.15, 0.2) is 5.78 Å². The molecule has 0 aliphatic heterocycles. The molecular formula is C18H12ClNOS. The zero-order valence-corrected chi connectivity index (χ0v) is 13.1. The van der Waals surface area contributed by atoms with Gasteiger partial charge in [-0.05, 0) is 53.6 Å². The number of halogens is 1. The average Bonchev–Trinajstić information content (AvgIpc) is 3.04. The van der Waals surface area contributed by atoms with E-state index in [9.17, 15) is 4.79 Å². The van der Waals surface area contributed by atoms with E-state index < -0.39 is 0 Å². The molecular weight excluding hydrogens is 314 g/mol. The number of thiophene rings is 1. The predicted molar refractivity (Wildman–Crippen MR) is 92.4 cm³/mol. The number of allylic oxidation sites excluding steroid dienone is 1. The molecule has 3 rings (SSSR count). The largest absolute Gasteiger partial charge is 0.288 e. The van der Waals surface area contributed by atoms with Gasteiger partial charge in [-0.3, -0.25) is 9.78 Å². The van der Waals surface area contributed by atoms with Crippen LogP contribution in [-0.4, -0.2) is 10.8 Å². The van der Waals surface area contributed by atoms with Gasteiger partial charge in [0.1, 0.15) is 0 Å². The van der Waals surface area contributed by atoms with Crippen LogP contribution in [0.2, 0.25) is 5.02 Å². The molecule has 0 N–H and O–H groups in total. The standard InChI is InChI=1S/C18H12ClNOS/c19-15-6-4-14(5-7-15)17-9-10-18(22-17)16(21)8-3-13-2-1-11-20-12-13/h1-12H/b8-3+. The number of rotatable bonds is 4. The van der Waals surface area contributed by atoms with Crippen LogP contribution in [0.15, 0.2) is 67.0 Å². The molecule has 0 radical (unpaired) electrons. The number of carbonyl (C=O) groups is 1. The molecule has 0 bridgehead atoms. The van der Waals surface area contributed by atoms with Crippen LogP contribution in [-0.2, 0) is 0 Å². The molecule has 0 saturated heterocycles. The molecule has 0 fully saturated rings. The van der Waals surface area contributed by atoms with Crippen LogP contribution in [0.3, 0.4) is 0 Å². The lowest BCUT2D eigenvalue weighted by Crippen LogP contribution is -1.88. The lowest BCUT2D eigenvalue weighted by molar-refractivity contribution is 0.105. The molecule has 108 valence electrons. The van der Waals surface area contributed by atoms with E-state index in [4.69, 9.17) is 11.6 Å². The maximum atomic E-state index is 12.2. The van der Waals surface area contributed by atoms with Crippen molar-refractivity contribution < 1.29 is 4.79 Å². The molecule has 0 aliphatic rings. The Morgan fingerprint density at radius 2 is 1.91 bits per heavy atom. The second-order valence-corrected chi connectivity index (χ2v) is 6.17. The van der Waals surface area contributed by atoms with Gasteiger partial charge in [-0.15, -0.1) is 11.3 Å². The second-order valence-electron chi connectivity index (χ2n) is 4.65. The second kappa shape index (κ2) is 6.69. The summed E-state index contributed by atoms with van der Waals surface area (Å²) in [6, 6.07) is 15.2. The van der Waals surface area contributed by atoms with Crippen LogP contribution in [0, 0.1) is 0 Å². The summed E-state index contributed by atoms with van der Waals surface area (Å²) in [4.78, 5) is 18.0. The normalized spacial score (nSPS) is 11.0. The number of aromatic nitrogens is 1. The molecule has 0 aliphatic carbocycles. The lowest BCUT2D eigenvalue weighted by atomic mass is 10.2. The molecule has 0 saturated carbocycles. The maximum absolute atomic E-state index is 12.2. The molecule has 4 heteroatoms. The molecule has 1 aromatic carbocycles. The zero-order chi connectivity index (χ0) is 15.4. The van der Waals surface area contributed by atoms with Crippen LogP contribution < -0.4 is 0 Å². The number of carbonyl (C=O) groups excluding carboxylic acids is 1. The molecule has 0 spiro atoms. The summed E-state index contributed by atoms with van der Waals surface area (Å²) < 4.78 is 0. The van der Waals surface area contributed by atoms with Crippen LogP contribution in [0.4, 0.5) is 0 Å². The van der Waals surface area contributed by atoms with Gasteiger partial charge < -0.3 is 0 Å². The molecule has 3 aromatic rings. The summed E-state index contributed by atoms with van der Waals surface area (Å²) in [5.41, 5.74) is 1.97. The van der Waals surface area contributed by atoms with Crippen molar-refractivity contribution in [3.05, 3.63) is 82.5 Å². The van der Waals surface area contributed by atoms with Crippen molar-refractivity contribution >= 4 is 34.8 Å². The Bertz CT molecular complexity index is 807. The fourth-order valence-electron chi connectivity index (χ4n) is 1.97. The topological polar surface area (TPSA) is 30.0 Å². The summed E-state index contributed by atoms with van der Waals surface area (Å²) in [7, 11) is 0. The van der Waals surface area contributed by atoms with E-state index in [1.807, 2.05) is 48.5 Å². The van der Waals surface area contributed by atoms with Crippen molar-refractivity contribution in [3.63, 3.8) is 0 Å². The third-order valence-corrected chi connectivity index (χ3v) is 4.49. The number of benzene rings is 1. The molecule has 2 heterocycles.